The first-order valence-electron chi connectivity index (χ1n) is 5.57. The monoisotopic (exact) mass is 276 g/mol. The van der Waals surface area contributed by atoms with Crippen LogP contribution in [0.25, 0.3) is 0 Å². The van der Waals surface area contributed by atoms with E-state index in [0.717, 1.165) is 0 Å². The van der Waals surface area contributed by atoms with Crippen molar-refractivity contribution < 1.29 is 0 Å². The van der Waals surface area contributed by atoms with E-state index in [1.54, 1.807) is 0 Å². The molecule has 0 aliphatic carbocycles. The Morgan fingerprint density at radius 1 is 0.875 bits per heavy atom. The second-order valence-electron chi connectivity index (χ2n) is 3.85. The van der Waals surface area contributed by atoms with Crippen molar-refractivity contribution in [2.45, 2.75) is 17.1 Å². The molecule has 0 nitrogen and oxygen atoms in total. The first-order chi connectivity index (χ1) is 7.86. The van der Waals surface area contributed by atoms with Gasteiger partial charge in [0.25, 0.3) is 0 Å². The van der Waals surface area contributed by atoms with Gasteiger partial charge in [0.05, 0.1) is 0 Å². The van der Waals surface area contributed by atoms with E-state index in [2.05, 4.69) is 67.6 Å². The van der Waals surface area contributed by atoms with Gasteiger partial charge in [-0.2, -0.15) is 0 Å². The van der Waals surface area contributed by atoms with Crippen LogP contribution in [0.4, 0.5) is 0 Å². The summed E-state index contributed by atoms with van der Waals surface area (Å²) in [4.78, 5) is 0.703. The molecule has 0 heterocycles. The normalized spacial score (nSPS) is 12.3. The summed E-state index contributed by atoms with van der Waals surface area (Å²) >= 11 is 0.642. The molecule has 0 aromatic heterocycles. The van der Waals surface area contributed by atoms with Gasteiger partial charge in [0.2, 0.25) is 0 Å². The fraction of sp³-hybridized carbons (Fsp3) is 0.200. The zero-order valence-electron chi connectivity index (χ0n) is 9.47. The van der Waals surface area contributed by atoms with Gasteiger partial charge in [-0.1, -0.05) is 0 Å². The van der Waals surface area contributed by atoms with E-state index in [4.69, 9.17) is 0 Å². The second-order valence-corrected chi connectivity index (χ2v) is 6.64. The average Bonchev–Trinajstić information content (AvgIpc) is 2.38. The van der Waals surface area contributed by atoms with Crippen molar-refractivity contribution in [2.24, 2.45) is 0 Å². The van der Waals surface area contributed by atoms with Gasteiger partial charge in [-0.15, -0.1) is 0 Å². The molecule has 0 spiro atoms. The summed E-state index contributed by atoms with van der Waals surface area (Å²) in [5, 5.41) is 1.23. The molecule has 2 aromatic carbocycles. The van der Waals surface area contributed by atoms with E-state index in [1.807, 2.05) is 0 Å². The van der Waals surface area contributed by atoms with Crippen molar-refractivity contribution in [1.29, 1.82) is 0 Å². The summed E-state index contributed by atoms with van der Waals surface area (Å²) in [6.45, 7) is 2.33. The molecule has 0 amide bonds. The molecule has 0 bridgehead atoms. The van der Waals surface area contributed by atoms with E-state index >= 15 is 0 Å². The molecule has 0 aliphatic heterocycles. The molecule has 0 radical (unpaired) electrons. The van der Waals surface area contributed by atoms with Crippen molar-refractivity contribution in [3.63, 3.8) is 0 Å². The number of hydrogen-bond acceptors (Lipinski definition) is 0. The maximum absolute atomic E-state index is 2.33. The van der Waals surface area contributed by atoms with Crippen LogP contribution in [0.15, 0.2) is 60.7 Å². The molecular formula is C15H16Se. The van der Waals surface area contributed by atoms with Gasteiger partial charge in [0.15, 0.2) is 0 Å². The van der Waals surface area contributed by atoms with Crippen molar-refractivity contribution in [1.82, 2.24) is 0 Å². The predicted octanol–water partition coefficient (Wildman–Crippen LogP) is 3.65. The van der Waals surface area contributed by atoms with Crippen LogP contribution in [-0.2, 0) is 5.32 Å². The van der Waals surface area contributed by atoms with Crippen LogP contribution >= 0.6 is 0 Å². The van der Waals surface area contributed by atoms with Crippen LogP contribution in [0.3, 0.4) is 0 Å². The Kier molecular flexibility index (Phi) is 4.21. The zero-order valence-corrected chi connectivity index (χ0v) is 11.2. The Labute approximate surface area is 104 Å². The van der Waals surface area contributed by atoms with Crippen LogP contribution in [0, 0.1) is 0 Å². The van der Waals surface area contributed by atoms with Crippen LogP contribution in [-0.4, -0.2) is 15.0 Å². The van der Waals surface area contributed by atoms with Crippen LogP contribution in [0.5, 0.6) is 0 Å². The summed E-state index contributed by atoms with van der Waals surface area (Å²) in [5.41, 5.74) is 2.93. The van der Waals surface area contributed by atoms with Gasteiger partial charge in [0.1, 0.15) is 0 Å². The van der Waals surface area contributed by atoms with Crippen LogP contribution in [0.2, 0.25) is 0 Å². The van der Waals surface area contributed by atoms with Gasteiger partial charge in [0, 0.05) is 0 Å². The molecule has 0 aliphatic rings. The van der Waals surface area contributed by atoms with Gasteiger partial charge in [-0.25, -0.2) is 0 Å². The van der Waals surface area contributed by atoms with E-state index in [-0.39, 0.29) is 0 Å². The van der Waals surface area contributed by atoms with E-state index in [9.17, 15) is 0 Å². The third kappa shape index (κ3) is 3.23. The molecule has 2 aromatic rings. The quantitative estimate of drug-likeness (QED) is 0.747. The Balaban J connectivity index is 1.92. The Morgan fingerprint density at radius 2 is 1.44 bits per heavy atom. The molecular weight excluding hydrogens is 259 g/mol. The molecule has 1 atom stereocenters. The fourth-order valence-corrected chi connectivity index (χ4v) is 3.68. The predicted molar refractivity (Wildman–Crippen MR) is 70.8 cm³/mol. The van der Waals surface area contributed by atoms with Crippen LogP contribution in [0.1, 0.15) is 22.9 Å². The summed E-state index contributed by atoms with van der Waals surface area (Å²) in [6, 6.07) is 21.6. The maximum atomic E-state index is 2.33. The molecule has 1 unspecified atom stereocenters. The Morgan fingerprint density at radius 3 is 2.06 bits per heavy atom. The number of hydrogen-bond donors (Lipinski definition) is 0. The second kappa shape index (κ2) is 5.88. The topological polar surface area (TPSA) is 0 Å². The Hall–Kier alpha value is -1.04. The van der Waals surface area contributed by atoms with E-state index < -0.39 is 0 Å². The number of rotatable bonds is 4. The molecule has 1 heteroatoms. The van der Waals surface area contributed by atoms with E-state index in [1.165, 1.54) is 16.4 Å². The molecule has 16 heavy (non-hydrogen) atoms. The third-order valence-corrected chi connectivity index (χ3v) is 5.28. The Bertz CT molecular complexity index is 408. The summed E-state index contributed by atoms with van der Waals surface area (Å²) < 4.78 is 0. The molecule has 0 saturated heterocycles. The minimum atomic E-state index is 0.642. The van der Waals surface area contributed by atoms with Crippen molar-refractivity contribution in [2.75, 3.05) is 0 Å². The van der Waals surface area contributed by atoms with Gasteiger partial charge < -0.3 is 0 Å². The fourth-order valence-electron chi connectivity index (χ4n) is 1.62. The molecule has 82 valence electrons. The SMILES string of the molecule is CC([Se]Cc1ccccc1)c1ccccc1. The third-order valence-electron chi connectivity index (χ3n) is 2.61. The van der Waals surface area contributed by atoms with E-state index in [0.29, 0.717) is 19.8 Å². The van der Waals surface area contributed by atoms with Gasteiger partial charge in [-0.05, 0) is 0 Å². The molecule has 0 saturated carbocycles. The van der Waals surface area contributed by atoms with Gasteiger partial charge >= 0.3 is 104 Å². The first kappa shape index (κ1) is 11.4. The summed E-state index contributed by atoms with van der Waals surface area (Å²) in [7, 11) is 0. The van der Waals surface area contributed by atoms with Crippen LogP contribution < -0.4 is 0 Å². The van der Waals surface area contributed by atoms with Gasteiger partial charge in [-0.3, -0.25) is 0 Å². The van der Waals surface area contributed by atoms with Crippen molar-refractivity contribution >= 4 is 15.0 Å². The summed E-state index contributed by atoms with van der Waals surface area (Å²) in [6.07, 6.45) is 0. The molecule has 0 N–H and O–H groups in total. The van der Waals surface area contributed by atoms with Crippen molar-refractivity contribution in [3.8, 4) is 0 Å². The average molecular weight is 275 g/mol. The molecule has 2 rings (SSSR count). The van der Waals surface area contributed by atoms with Crippen molar-refractivity contribution in [3.05, 3.63) is 71.8 Å². The first-order valence-corrected chi connectivity index (χ1v) is 7.77. The molecule has 0 fully saturated rings. The number of benzene rings is 2. The standard InChI is InChI=1S/C15H16Se/c1-13(15-10-6-3-7-11-15)16-12-14-8-4-2-5-9-14/h2-11,13H,12H2,1H3. The summed E-state index contributed by atoms with van der Waals surface area (Å²) in [5.74, 6) is 0. The minimum absolute atomic E-state index is 0.642. The zero-order chi connectivity index (χ0) is 11.2.